The van der Waals surface area contributed by atoms with Crippen LogP contribution < -0.4 is 9.46 Å². The molecule has 3 rings (SSSR count). The van der Waals surface area contributed by atoms with Crippen LogP contribution in [0.4, 0.5) is 8.78 Å². The smallest absolute Gasteiger partial charge is 0.208 e. The number of hydrogen-bond acceptors (Lipinski definition) is 5. The van der Waals surface area contributed by atoms with E-state index in [1.165, 1.54) is 12.4 Å². The maximum Gasteiger partial charge on any atom is 0.208 e. The minimum Gasteiger partial charge on any atom is -0.493 e. The lowest BCUT2D eigenvalue weighted by atomic mass is 9.98. The summed E-state index contributed by atoms with van der Waals surface area (Å²) in [6.45, 7) is 0.745. The summed E-state index contributed by atoms with van der Waals surface area (Å²) in [6, 6.07) is 1.71. The molecule has 1 saturated heterocycles. The molecule has 0 amide bonds. The molecule has 1 N–H and O–H groups in total. The number of halogens is 3. The van der Waals surface area contributed by atoms with Crippen molar-refractivity contribution in [3.63, 3.8) is 0 Å². The van der Waals surface area contributed by atoms with Crippen molar-refractivity contribution in [2.75, 3.05) is 26.1 Å². The molecular weight excluding hydrogens is 404 g/mol. The Morgan fingerprint density at radius 2 is 2.11 bits per heavy atom. The van der Waals surface area contributed by atoms with Crippen molar-refractivity contribution in [3.05, 3.63) is 41.2 Å². The molecule has 1 fully saturated rings. The van der Waals surface area contributed by atoms with Crippen LogP contribution in [-0.4, -0.2) is 50.3 Å². The quantitative estimate of drug-likeness (QED) is 0.772. The SMILES string of the molecule is CS(=O)(=O)N[C@H]1CCOC[C@@H]1COc1cc(F)c(-n2cc(Cl)cn2)c(F)c1. The fourth-order valence-corrected chi connectivity index (χ4v) is 3.86. The normalized spacial score (nSPS) is 20.6. The maximum absolute atomic E-state index is 14.3. The van der Waals surface area contributed by atoms with E-state index in [9.17, 15) is 17.2 Å². The van der Waals surface area contributed by atoms with Crippen LogP contribution in [0.25, 0.3) is 5.69 Å². The van der Waals surface area contributed by atoms with E-state index in [0.29, 0.717) is 13.0 Å². The molecular formula is C16H18ClF2N3O4S. The molecule has 2 atom stereocenters. The standard InChI is InChI=1S/C16H18ClF2N3O4S/c1-27(23,24)21-15-2-3-25-8-10(15)9-26-12-4-13(18)16(14(19)5-12)22-7-11(17)6-20-22/h4-7,10,15,21H,2-3,8-9H2,1H3/t10-,15+/m1/s1. The Labute approximate surface area is 160 Å². The minimum atomic E-state index is -3.39. The first kappa shape index (κ1) is 20.0. The molecule has 7 nitrogen and oxygen atoms in total. The zero-order valence-corrected chi connectivity index (χ0v) is 15.9. The highest BCUT2D eigenvalue weighted by Gasteiger charge is 2.29. The average molecular weight is 422 g/mol. The summed E-state index contributed by atoms with van der Waals surface area (Å²) in [7, 11) is -3.39. The number of nitrogens with one attached hydrogen (secondary N) is 1. The number of nitrogens with zero attached hydrogens (tertiary/aromatic N) is 2. The third-order valence-electron chi connectivity index (χ3n) is 4.07. The highest BCUT2D eigenvalue weighted by atomic mass is 35.5. The van der Waals surface area contributed by atoms with Crippen LogP contribution in [0, 0.1) is 17.6 Å². The molecule has 0 bridgehead atoms. The number of rotatable bonds is 6. The Morgan fingerprint density at radius 3 is 2.70 bits per heavy atom. The number of ether oxygens (including phenoxy) is 2. The number of sulfonamides is 1. The van der Waals surface area contributed by atoms with E-state index in [1.54, 1.807) is 0 Å². The van der Waals surface area contributed by atoms with Gasteiger partial charge in [-0.2, -0.15) is 5.10 Å². The van der Waals surface area contributed by atoms with Crippen LogP contribution in [0.15, 0.2) is 24.5 Å². The van der Waals surface area contributed by atoms with Gasteiger partial charge in [0.05, 0.1) is 30.7 Å². The Morgan fingerprint density at radius 1 is 1.41 bits per heavy atom. The van der Waals surface area contributed by atoms with E-state index in [2.05, 4.69) is 9.82 Å². The van der Waals surface area contributed by atoms with Crippen LogP contribution in [0.5, 0.6) is 5.75 Å². The first-order chi connectivity index (χ1) is 12.7. The second-order valence-corrected chi connectivity index (χ2v) is 8.49. The van der Waals surface area contributed by atoms with Gasteiger partial charge in [0, 0.05) is 36.9 Å². The zero-order chi connectivity index (χ0) is 19.6. The van der Waals surface area contributed by atoms with Crippen molar-refractivity contribution in [2.24, 2.45) is 5.92 Å². The second-order valence-electron chi connectivity index (χ2n) is 6.27. The van der Waals surface area contributed by atoms with Gasteiger partial charge in [-0.25, -0.2) is 26.6 Å². The molecule has 11 heteroatoms. The Balaban J connectivity index is 1.72. The zero-order valence-electron chi connectivity index (χ0n) is 14.4. The summed E-state index contributed by atoms with van der Waals surface area (Å²) in [5, 5.41) is 4.03. The molecule has 0 spiro atoms. The Hall–Kier alpha value is -1.75. The van der Waals surface area contributed by atoms with Gasteiger partial charge in [-0.1, -0.05) is 11.6 Å². The lowest BCUT2D eigenvalue weighted by Gasteiger charge is -2.31. The highest BCUT2D eigenvalue weighted by molar-refractivity contribution is 7.88. The van der Waals surface area contributed by atoms with Gasteiger partial charge in [-0.05, 0) is 6.42 Å². The van der Waals surface area contributed by atoms with E-state index >= 15 is 0 Å². The van der Waals surface area contributed by atoms with Gasteiger partial charge in [0.1, 0.15) is 11.4 Å². The van der Waals surface area contributed by atoms with Crippen LogP contribution in [0.2, 0.25) is 5.02 Å². The summed E-state index contributed by atoms with van der Waals surface area (Å²) in [4.78, 5) is 0. The van der Waals surface area contributed by atoms with E-state index < -0.39 is 21.7 Å². The summed E-state index contributed by atoms with van der Waals surface area (Å²) in [6.07, 6.45) is 4.11. The predicted octanol–water partition coefficient (Wildman–Crippen LogP) is 2.14. The van der Waals surface area contributed by atoms with Crippen LogP contribution in [0.1, 0.15) is 6.42 Å². The predicted molar refractivity (Wildman–Crippen MR) is 94.7 cm³/mol. The summed E-state index contributed by atoms with van der Waals surface area (Å²) < 4.78 is 66.0. The molecule has 1 aromatic carbocycles. The molecule has 1 aromatic heterocycles. The molecule has 1 aliphatic rings. The maximum atomic E-state index is 14.3. The van der Waals surface area contributed by atoms with E-state index in [4.69, 9.17) is 21.1 Å². The molecule has 0 radical (unpaired) electrons. The third kappa shape index (κ3) is 5.16. The van der Waals surface area contributed by atoms with Gasteiger partial charge in [0.25, 0.3) is 0 Å². The van der Waals surface area contributed by atoms with Crippen LogP contribution in [0.3, 0.4) is 0 Å². The fraction of sp³-hybridized carbons (Fsp3) is 0.438. The monoisotopic (exact) mass is 421 g/mol. The van der Waals surface area contributed by atoms with Crippen molar-refractivity contribution in [2.45, 2.75) is 12.5 Å². The van der Waals surface area contributed by atoms with Crippen molar-refractivity contribution in [1.29, 1.82) is 0 Å². The molecule has 1 aliphatic heterocycles. The van der Waals surface area contributed by atoms with E-state index in [0.717, 1.165) is 23.1 Å². The molecule has 148 valence electrons. The first-order valence-electron chi connectivity index (χ1n) is 8.10. The van der Waals surface area contributed by atoms with Crippen molar-refractivity contribution in [3.8, 4) is 11.4 Å². The van der Waals surface area contributed by atoms with Gasteiger partial charge in [-0.3, -0.25) is 0 Å². The van der Waals surface area contributed by atoms with Crippen molar-refractivity contribution >= 4 is 21.6 Å². The fourth-order valence-electron chi connectivity index (χ4n) is 2.86. The number of benzene rings is 1. The van der Waals surface area contributed by atoms with E-state index in [1.807, 2.05) is 0 Å². The Kier molecular flexibility index (Phi) is 5.99. The molecule has 2 heterocycles. The van der Waals surface area contributed by atoms with Gasteiger partial charge in [-0.15, -0.1) is 0 Å². The third-order valence-corrected chi connectivity index (χ3v) is 5.00. The largest absolute Gasteiger partial charge is 0.493 e. The highest BCUT2D eigenvalue weighted by Crippen LogP contribution is 2.26. The summed E-state index contributed by atoms with van der Waals surface area (Å²) in [5.41, 5.74) is -0.369. The van der Waals surface area contributed by atoms with Crippen molar-refractivity contribution in [1.82, 2.24) is 14.5 Å². The van der Waals surface area contributed by atoms with Crippen LogP contribution in [-0.2, 0) is 14.8 Å². The minimum absolute atomic E-state index is 0.0179. The lowest BCUT2D eigenvalue weighted by Crippen LogP contribution is -2.47. The molecule has 0 aliphatic carbocycles. The van der Waals surface area contributed by atoms with Crippen LogP contribution >= 0.6 is 11.6 Å². The van der Waals surface area contributed by atoms with Crippen molar-refractivity contribution < 1.29 is 26.7 Å². The summed E-state index contributed by atoms with van der Waals surface area (Å²) >= 11 is 5.73. The topological polar surface area (TPSA) is 82.5 Å². The van der Waals surface area contributed by atoms with E-state index in [-0.39, 0.29) is 41.6 Å². The van der Waals surface area contributed by atoms with Gasteiger partial charge < -0.3 is 9.47 Å². The van der Waals surface area contributed by atoms with Gasteiger partial charge >= 0.3 is 0 Å². The molecule has 2 aromatic rings. The molecule has 27 heavy (non-hydrogen) atoms. The summed E-state index contributed by atoms with van der Waals surface area (Å²) in [5.74, 6) is -2.04. The molecule has 0 unspecified atom stereocenters. The first-order valence-corrected chi connectivity index (χ1v) is 10.4. The number of aromatic nitrogens is 2. The average Bonchev–Trinajstić information content (AvgIpc) is 2.98. The second kappa shape index (κ2) is 8.09. The lowest BCUT2D eigenvalue weighted by molar-refractivity contribution is 0.0186. The van der Waals surface area contributed by atoms with Gasteiger partial charge in [0.2, 0.25) is 10.0 Å². The molecule has 0 saturated carbocycles. The Bertz CT molecular complexity index is 899. The number of hydrogen-bond donors (Lipinski definition) is 1. The van der Waals surface area contributed by atoms with Gasteiger partial charge in [0.15, 0.2) is 11.6 Å².